The van der Waals surface area contributed by atoms with Gasteiger partial charge in [-0.1, -0.05) is 18.2 Å². The van der Waals surface area contributed by atoms with E-state index in [-0.39, 0.29) is 0 Å². The zero-order valence-electron chi connectivity index (χ0n) is 19.4. The summed E-state index contributed by atoms with van der Waals surface area (Å²) in [5, 5.41) is 2.24. The van der Waals surface area contributed by atoms with Crippen LogP contribution in [0.1, 0.15) is 18.1 Å². The summed E-state index contributed by atoms with van der Waals surface area (Å²) in [5.74, 6) is 0. The maximum atomic E-state index is 4.34. The Bertz CT molecular complexity index is 1430. The van der Waals surface area contributed by atoms with E-state index in [1.165, 1.54) is 27.9 Å². The molecule has 0 aliphatic carbocycles. The fourth-order valence-electron chi connectivity index (χ4n) is 4.80. The standard InChI is InChI=1S/C29H28N4/c1-5-15-32(6-2)22-7-9-24(20(3)16-22)25-10-8-23(17-21(25)4)33-28-11-13-30-18-26(28)27-19-31-14-12-29(27)33/h5,7-14,16-19H,1,6,15H2,2-4H3. The zero-order valence-corrected chi connectivity index (χ0v) is 19.4. The molecule has 4 heteroatoms. The lowest BCUT2D eigenvalue weighted by molar-refractivity contribution is 0.906. The lowest BCUT2D eigenvalue weighted by Gasteiger charge is -2.23. The molecule has 0 amide bonds. The third-order valence-corrected chi connectivity index (χ3v) is 6.43. The summed E-state index contributed by atoms with van der Waals surface area (Å²) in [5.41, 5.74) is 9.73. The van der Waals surface area contributed by atoms with Gasteiger partial charge in [0.05, 0.1) is 11.0 Å². The molecule has 0 saturated carbocycles. The average molecular weight is 433 g/mol. The van der Waals surface area contributed by atoms with Gasteiger partial charge in [0.15, 0.2) is 0 Å². The van der Waals surface area contributed by atoms with Crippen molar-refractivity contribution in [2.75, 3.05) is 18.0 Å². The van der Waals surface area contributed by atoms with Gasteiger partial charge in [-0.3, -0.25) is 9.97 Å². The first-order valence-electron chi connectivity index (χ1n) is 11.4. The summed E-state index contributed by atoms with van der Waals surface area (Å²) in [6, 6.07) is 17.6. The van der Waals surface area contributed by atoms with Crippen molar-refractivity contribution >= 4 is 27.5 Å². The maximum Gasteiger partial charge on any atom is 0.0572 e. The van der Waals surface area contributed by atoms with Crippen LogP contribution >= 0.6 is 0 Å². The van der Waals surface area contributed by atoms with E-state index in [9.17, 15) is 0 Å². The Morgan fingerprint density at radius 1 is 0.848 bits per heavy atom. The van der Waals surface area contributed by atoms with Crippen molar-refractivity contribution in [3.8, 4) is 16.8 Å². The average Bonchev–Trinajstić information content (AvgIpc) is 3.17. The number of nitrogens with zero attached hydrogens (tertiary/aromatic N) is 4. The van der Waals surface area contributed by atoms with Crippen LogP contribution in [0, 0.1) is 13.8 Å². The van der Waals surface area contributed by atoms with Gasteiger partial charge in [-0.15, -0.1) is 6.58 Å². The van der Waals surface area contributed by atoms with Gasteiger partial charge in [0.2, 0.25) is 0 Å². The van der Waals surface area contributed by atoms with Gasteiger partial charge in [-0.2, -0.15) is 0 Å². The van der Waals surface area contributed by atoms with Gasteiger partial charge in [0, 0.05) is 60.0 Å². The predicted octanol–water partition coefficient (Wildman–Crippen LogP) is 6.87. The third-order valence-electron chi connectivity index (χ3n) is 6.43. The Morgan fingerprint density at radius 3 is 2.00 bits per heavy atom. The third kappa shape index (κ3) is 3.58. The minimum atomic E-state index is 0.854. The molecule has 0 saturated heterocycles. The van der Waals surface area contributed by atoms with E-state index in [0.29, 0.717) is 0 Å². The summed E-state index contributed by atoms with van der Waals surface area (Å²) in [6.07, 6.45) is 9.50. The van der Waals surface area contributed by atoms with Crippen LogP contribution in [-0.2, 0) is 0 Å². The van der Waals surface area contributed by atoms with Gasteiger partial charge in [-0.05, 0) is 79.4 Å². The molecular weight excluding hydrogens is 404 g/mol. The number of hydrogen-bond acceptors (Lipinski definition) is 3. The minimum Gasteiger partial charge on any atom is -0.368 e. The highest BCUT2D eigenvalue weighted by Gasteiger charge is 2.14. The second-order valence-corrected chi connectivity index (χ2v) is 8.45. The normalized spacial score (nSPS) is 11.2. The van der Waals surface area contributed by atoms with Crippen molar-refractivity contribution in [1.29, 1.82) is 0 Å². The highest BCUT2D eigenvalue weighted by atomic mass is 15.1. The maximum absolute atomic E-state index is 4.34. The number of hydrogen-bond donors (Lipinski definition) is 0. The summed E-state index contributed by atoms with van der Waals surface area (Å²) in [6.45, 7) is 12.3. The van der Waals surface area contributed by atoms with Gasteiger partial charge in [-0.25, -0.2) is 0 Å². The number of benzene rings is 2. The first-order valence-corrected chi connectivity index (χ1v) is 11.4. The van der Waals surface area contributed by atoms with E-state index in [0.717, 1.165) is 40.6 Å². The van der Waals surface area contributed by atoms with Crippen molar-refractivity contribution in [1.82, 2.24) is 14.5 Å². The van der Waals surface area contributed by atoms with Crippen LogP contribution in [0.15, 0.2) is 86.0 Å². The van der Waals surface area contributed by atoms with E-state index in [2.05, 4.69) is 95.3 Å². The molecule has 3 heterocycles. The Labute approximate surface area is 194 Å². The Balaban J connectivity index is 1.60. The van der Waals surface area contributed by atoms with Crippen LogP contribution in [0.3, 0.4) is 0 Å². The fourth-order valence-corrected chi connectivity index (χ4v) is 4.80. The van der Waals surface area contributed by atoms with Crippen molar-refractivity contribution in [3.63, 3.8) is 0 Å². The van der Waals surface area contributed by atoms with Crippen LogP contribution in [-0.4, -0.2) is 27.6 Å². The minimum absolute atomic E-state index is 0.854. The molecule has 0 N–H and O–H groups in total. The van der Waals surface area contributed by atoms with Gasteiger partial charge in [0.1, 0.15) is 0 Å². The smallest absolute Gasteiger partial charge is 0.0572 e. The molecule has 0 fully saturated rings. The Kier molecular flexibility index (Phi) is 5.43. The topological polar surface area (TPSA) is 34.0 Å². The summed E-state index contributed by atoms with van der Waals surface area (Å²) >= 11 is 0. The highest BCUT2D eigenvalue weighted by molar-refractivity contribution is 6.08. The van der Waals surface area contributed by atoms with Crippen LogP contribution in [0.4, 0.5) is 5.69 Å². The molecular formula is C29H28N4. The van der Waals surface area contributed by atoms with E-state index < -0.39 is 0 Å². The monoisotopic (exact) mass is 432 g/mol. The van der Waals surface area contributed by atoms with Crippen LogP contribution in [0.25, 0.3) is 38.6 Å². The van der Waals surface area contributed by atoms with Gasteiger partial charge >= 0.3 is 0 Å². The lowest BCUT2D eigenvalue weighted by Crippen LogP contribution is -2.22. The molecule has 2 aromatic carbocycles. The molecule has 0 bridgehead atoms. The zero-order chi connectivity index (χ0) is 22.9. The van der Waals surface area contributed by atoms with Gasteiger partial charge in [0.25, 0.3) is 0 Å². The number of anilines is 1. The summed E-state index contributed by atoms with van der Waals surface area (Å²) in [4.78, 5) is 11.0. The Hall–Kier alpha value is -3.92. The molecule has 33 heavy (non-hydrogen) atoms. The quantitative estimate of drug-likeness (QED) is 0.275. The molecule has 5 aromatic rings. The molecule has 0 spiro atoms. The number of aryl methyl sites for hydroxylation is 2. The SMILES string of the molecule is C=CCN(CC)c1ccc(-c2ccc(-n3c4ccncc4c4cnccc43)cc2C)c(C)c1. The summed E-state index contributed by atoms with van der Waals surface area (Å²) in [7, 11) is 0. The first-order chi connectivity index (χ1) is 16.1. The van der Waals surface area contributed by atoms with E-state index in [1.807, 2.05) is 30.9 Å². The molecule has 0 atom stereocenters. The lowest BCUT2D eigenvalue weighted by atomic mass is 9.95. The van der Waals surface area contributed by atoms with Crippen LogP contribution < -0.4 is 4.90 Å². The second-order valence-electron chi connectivity index (χ2n) is 8.45. The number of likely N-dealkylation sites (N-methyl/N-ethyl adjacent to an activating group) is 1. The van der Waals surface area contributed by atoms with Crippen molar-refractivity contribution in [2.45, 2.75) is 20.8 Å². The molecule has 5 rings (SSSR count). The van der Waals surface area contributed by atoms with E-state index in [4.69, 9.17) is 0 Å². The summed E-state index contributed by atoms with van der Waals surface area (Å²) < 4.78 is 2.30. The molecule has 0 aliphatic heterocycles. The van der Waals surface area contributed by atoms with Gasteiger partial charge < -0.3 is 9.47 Å². The number of aromatic nitrogens is 3. The highest BCUT2D eigenvalue weighted by Crippen LogP contribution is 2.34. The van der Waals surface area contributed by atoms with Crippen LogP contribution in [0.5, 0.6) is 0 Å². The largest absolute Gasteiger partial charge is 0.368 e. The first kappa shape index (κ1) is 21.0. The number of rotatable bonds is 6. The molecule has 0 unspecified atom stereocenters. The predicted molar refractivity (Wildman–Crippen MR) is 139 cm³/mol. The van der Waals surface area contributed by atoms with Crippen molar-refractivity contribution in [3.05, 3.63) is 97.1 Å². The van der Waals surface area contributed by atoms with Crippen LogP contribution in [0.2, 0.25) is 0 Å². The Morgan fingerprint density at radius 2 is 1.45 bits per heavy atom. The van der Waals surface area contributed by atoms with Crippen molar-refractivity contribution < 1.29 is 0 Å². The number of pyridine rings is 2. The fraction of sp³-hybridized carbons (Fsp3) is 0.172. The molecule has 0 aliphatic rings. The number of fused-ring (bicyclic) bond motifs is 3. The van der Waals surface area contributed by atoms with Crippen molar-refractivity contribution in [2.24, 2.45) is 0 Å². The molecule has 164 valence electrons. The van der Waals surface area contributed by atoms with E-state index >= 15 is 0 Å². The molecule has 3 aromatic heterocycles. The van der Waals surface area contributed by atoms with E-state index in [1.54, 1.807) is 0 Å². The second kappa shape index (κ2) is 8.55. The molecule has 0 radical (unpaired) electrons. The molecule has 4 nitrogen and oxygen atoms in total.